The van der Waals surface area contributed by atoms with E-state index >= 15 is 0 Å². The summed E-state index contributed by atoms with van der Waals surface area (Å²) in [5.74, 6) is -2.41. The molecule has 7 aromatic rings. The minimum atomic E-state index is -1.13. The molecule has 8 N–H and O–H groups in total. The molecule has 8 rings (SSSR count). The molecule has 0 aliphatic heterocycles. The van der Waals surface area contributed by atoms with E-state index < -0.39 is 53.8 Å². The maximum Gasteiger partial charge on any atom is 0.407 e. The Morgan fingerprint density at radius 2 is 1.03 bits per heavy atom. The second-order valence-corrected chi connectivity index (χ2v) is 29.5. The fraction of sp³-hybridized carbons (Fsp3) is 0.540. The SMILES string of the molecule is CCCCc1nc2c(N)nc3cc(C(=O)O)ccc3c2n1Cc1ccc(C[N+](C)(C)Cc2ccc(NC(=O)[C@H](C)NC(=O)[C@@H](NC(=O)[C@H](CCCCNC(=O)CCOCCOCCOCCOCCOCCOCCOCCOCCOCCOCCOCCOC)NC(=O)OCC3c4ccccc4-c4ccccc43)C(C)C)cc2)cc1. The Balaban J connectivity index is 0.690. The molecule has 30 heteroatoms. The minimum Gasteiger partial charge on any atom is -0.478 e. The Bertz CT molecular complexity index is 4100. The number of benzene rings is 5. The molecule has 0 unspecified atom stereocenters. The highest BCUT2D eigenvalue weighted by Crippen LogP contribution is 2.44. The monoisotopic (exact) mass is 1630 g/mol. The van der Waals surface area contributed by atoms with Gasteiger partial charge in [-0.25, -0.2) is 19.6 Å². The number of methoxy groups -OCH3 is 1. The van der Waals surface area contributed by atoms with Crippen molar-refractivity contribution in [1.29, 1.82) is 0 Å². The van der Waals surface area contributed by atoms with Crippen molar-refractivity contribution in [1.82, 2.24) is 35.8 Å². The van der Waals surface area contributed by atoms with Gasteiger partial charge in [0, 0.05) is 61.2 Å². The molecule has 640 valence electrons. The first-order valence-corrected chi connectivity index (χ1v) is 40.8. The number of carbonyl (C=O) groups is 6. The number of amides is 5. The summed E-state index contributed by atoms with van der Waals surface area (Å²) in [5, 5.41) is 24.7. The summed E-state index contributed by atoms with van der Waals surface area (Å²) in [6, 6.07) is 33.8. The van der Waals surface area contributed by atoms with Crippen LogP contribution in [0.1, 0.15) is 116 Å². The number of nitrogens with one attached hydrogen (secondary N) is 5. The summed E-state index contributed by atoms with van der Waals surface area (Å²) >= 11 is 0. The molecule has 5 amide bonds. The number of nitrogens with zero attached hydrogens (tertiary/aromatic N) is 4. The van der Waals surface area contributed by atoms with E-state index in [-0.39, 0.29) is 49.3 Å². The van der Waals surface area contributed by atoms with E-state index in [0.29, 0.717) is 199 Å². The van der Waals surface area contributed by atoms with Gasteiger partial charge in [0.15, 0.2) is 5.82 Å². The Hall–Kier alpha value is -9.12. The highest BCUT2D eigenvalue weighted by Gasteiger charge is 2.33. The lowest BCUT2D eigenvalue weighted by atomic mass is 9.98. The summed E-state index contributed by atoms with van der Waals surface area (Å²) in [5.41, 5.74) is 16.5. The zero-order valence-corrected chi connectivity index (χ0v) is 69.2. The lowest BCUT2D eigenvalue weighted by Crippen LogP contribution is -2.57. The first kappa shape index (κ1) is 93.4. The van der Waals surface area contributed by atoms with Crippen LogP contribution in [0.5, 0.6) is 0 Å². The van der Waals surface area contributed by atoms with E-state index in [9.17, 15) is 33.9 Å². The number of anilines is 2. The van der Waals surface area contributed by atoms with Crippen LogP contribution in [-0.4, -0.2) is 264 Å². The molecule has 0 spiro atoms. The summed E-state index contributed by atoms with van der Waals surface area (Å²) in [6.45, 7) is 19.7. The molecule has 117 heavy (non-hydrogen) atoms. The summed E-state index contributed by atoms with van der Waals surface area (Å²) in [7, 11) is 5.95. The van der Waals surface area contributed by atoms with Crippen LogP contribution in [0.3, 0.4) is 0 Å². The van der Waals surface area contributed by atoms with Gasteiger partial charge >= 0.3 is 12.1 Å². The van der Waals surface area contributed by atoms with E-state index in [1.807, 2.05) is 72.8 Å². The maximum absolute atomic E-state index is 14.3. The van der Waals surface area contributed by atoms with Gasteiger partial charge in [-0.2, -0.15) is 0 Å². The van der Waals surface area contributed by atoms with Crippen LogP contribution in [0.4, 0.5) is 16.3 Å². The van der Waals surface area contributed by atoms with Crippen molar-refractivity contribution in [3.63, 3.8) is 0 Å². The molecule has 2 heterocycles. The van der Waals surface area contributed by atoms with Crippen molar-refractivity contribution in [3.8, 4) is 11.1 Å². The zero-order valence-electron chi connectivity index (χ0n) is 69.2. The lowest BCUT2D eigenvalue weighted by molar-refractivity contribution is -0.916. The summed E-state index contributed by atoms with van der Waals surface area (Å²) in [6.07, 6.45) is 3.04. The van der Waals surface area contributed by atoms with Gasteiger partial charge in [0.2, 0.25) is 23.6 Å². The van der Waals surface area contributed by atoms with Crippen LogP contribution in [0.15, 0.2) is 115 Å². The van der Waals surface area contributed by atoms with Crippen molar-refractivity contribution in [2.24, 2.45) is 5.92 Å². The summed E-state index contributed by atoms with van der Waals surface area (Å²) in [4.78, 5) is 90.0. The molecule has 0 radical (unpaired) electrons. The lowest BCUT2D eigenvalue weighted by Gasteiger charge is -2.30. The number of quaternary nitrogens is 1. The maximum atomic E-state index is 14.3. The number of carboxylic acids is 1. The number of rotatable bonds is 61. The van der Waals surface area contributed by atoms with Gasteiger partial charge < -0.3 is 108 Å². The predicted octanol–water partition coefficient (Wildman–Crippen LogP) is 9.03. The number of fused-ring (bicyclic) bond motifs is 6. The Kier molecular flexibility index (Phi) is 41.5. The van der Waals surface area contributed by atoms with Crippen LogP contribution >= 0.6 is 0 Å². The molecule has 1 aliphatic carbocycles. The number of nitrogen functional groups attached to an aromatic ring is 1. The predicted molar refractivity (Wildman–Crippen MR) is 444 cm³/mol. The first-order chi connectivity index (χ1) is 56.8. The molecular weight excluding hydrogens is 1510 g/mol. The van der Waals surface area contributed by atoms with Crippen LogP contribution < -0.4 is 32.3 Å². The van der Waals surface area contributed by atoms with Gasteiger partial charge in [0.25, 0.3) is 0 Å². The minimum absolute atomic E-state index is 0.0179. The first-order valence-electron chi connectivity index (χ1n) is 40.8. The van der Waals surface area contributed by atoms with Gasteiger partial charge in [-0.15, -0.1) is 0 Å². The molecule has 2 aromatic heterocycles. The number of hydrogen-bond donors (Lipinski definition) is 7. The highest BCUT2D eigenvalue weighted by molar-refractivity contribution is 6.08. The van der Waals surface area contributed by atoms with Gasteiger partial charge in [0.1, 0.15) is 49.2 Å². The van der Waals surface area contributed by atoms with Crippen LogP contribution in [-0.2, 0) is 107 Å². The zero-order chi connectivity index (χ0) is 83.4. The molecular formula is C87H123N10O20+. The number of ether oxygens (including phenoxy) is 13. The average Bonchev–Trinajstić information content (AvgIpc) is 1.61. The van der Waals surface area contributed by atoms with Crippen LogP contribution in [0.25, 0.3) is 33.1 Å². The molecule has 0 fully saturated rings. The number of unbranched alkanes of at least 4 members (excludes halogenated alkanes) is 2. The second kappa shape index (κ2) is 51.9. The molecule has 30 nitrogen and oxygen atoms in total. The average molecular weight is 1630 g/mol. The number of hydrogen-bond acceptors (Lipinski definition) is 22. The fourth-order valence-electron chi connectivity index (χ4n) is 13.3. The van der Waals surface area contributed by atoms with E-state index in [2.05, 4.69) is 81.4 Å². The largest absolute Gasteiger partial charge is 0.478 e. The number of aromatic carboxylic acids is 1. The smallest absolute Gasteiger partial charge is 0.407 e. The molecule has 0 saturated heterocycles. The Labute approximate surface area is 687 Å². The fourth-order valence-corrected chi connectivity index (χ4v) is 13.3. The standard InChI is InChI=1S/C87H122N10O20/c1-8-9-21-77-94-80-81(73-31-28-67(86(102)103)57-76(73)92-82(80)88)96(77)58-64-22-24-65(25-23-64)59-97(5,6)60-66-26-29-68(30-27-66)91-83(99)63(4)90-85(101)79(62(2)3)95-84(100)75(93-87(104)117-61-74-71-18-12-10-16-69(71)70-17-11-13-19-72(70)74)20-14-15-33-89-78(98)32-34-106-37-38-108-41-42-110-45-46-112-49-50-114-53-54-116-56-55-115-52-51-113-48-47-111-44-43-109-40-39-107-36-35-105-7/h10-13,16-19,22-31,57,62-63,74-75,79H,8-9,14-15,20-21,32-56,58-61H2,1-7H3,(H7-,88,89,90,91,92,93,95,98,99,100,101,102,103,104)/p+1/t63-,75-,79-/m0/s1. The van der Waals surface area contributed by atoms with Gasteiger partial charge in [-0.1, -0.05) is 112 Å². The van der Waals surface area contributed by atoms with Crippen molar-refractivity contribution in [3.05, 3.63) is 154 Å². The van der Waals surface area contributed by atoms with Crippen molar-refractivity contribution in [2.75, 3.05) is 197 Å². The second-order valence-electron chi connectivity index (χ2n) is 29.5. The Morgan fingerprint density at radius 1 is 0.547 bits per heavy atom. The molecule has 0 saturated carbocycles. The number of imidazole rings is 1. The topological polar surface area (TPSA) is 360 Å². The number of nitrogens with two attached hydrogens (primary N) is 1. The molecule has 1 aliphatic rings. The number of carbonyl (C=O) groups excluding carboxylic acids is 5. The third kappa shape index (κ3) is 32.6. The number of aromatic nitrogens is 3. The quantitative estimate of drug-likeness (QED) is 0.0138. The highest BCUT2D eigenvalue weighted by atomic mass is 16.6. The van der Waals surface area contributed by atoms with E-state index in [1.165, 1.54) is 0 Å². The van der Waals surface area contributed by atoms with Crippen LogP contribution in [0, 0.1) is 5.92 Å². The van der Waals surface area contributed by atoms with E-state index in [4.69, 9.17) is 72.3 Å². The van der Waals surface area contributed by atoms with Crippen LogP contribution in [0.2, 0.25) is 0 Å². The third-order valence-corrected chi connectivity index (χ3v) is 19.4. The van der Waals surface area contributed by atoms with E-state index in [0.717, 1.165) is 81.5 Å². The van der Waals surface area contributed by atoms with Gasteiger partial charge in [0.05, 0.1) is 183 Å². The normalized spacial score (nSPS) is 12.9. The number of aryl methyl sites for hydroxylation is 1. The van der Waals surface area contributed by atoms with Crippen molar-refractivity contribution < 1.29 is 99.9 Å². The van der Waals surface area contributed by atoms with Gasteiger partial charge in [-0.05, 0) is 96.7 Å². The van der Waals surface area contributed by atoms with E-state index in [1.54, 1.807) is 46.1 Å². The third-order valence-electron chi connectivity index (χ3n) is 19.4. The number of alkyl carbamates (subject to hydrolysis) is 1. The molecule has 5 aromatic carbocycles. The number of carboxylic acid groups (broad SMARTS) is 1. The number of pyridine rings is 1. The van der Waals surface area contributed by atoms with Crippen molar-refractivity contribution in [2.45, 2.75) is 116 Å². The Morgan fingerprint density at radius 3 is 1.53 bits per heavy atom. The van der Waals surface area contributed by atoms with Crippen molar-refractivity contribution >= 4 is 69.1 Å². The molecule has 3 atom stereocenters. The summed E-state index contributed by atoms with van der Waals surface area (Å²) < 4.78 is 74.3. The molecule has 0 bridgehead atoms. The van der Waals surface area contributed by atoms with Gasteiger partial charge in [-0.3, -0.25) is 19.2 Å².